The molecule has 0 aliphatic heterocycles. The number of nitrogens with one attached hydrogen (secondary N) is 1. The van der Waals surface area contributed by atoms with Gasteiger partial charge >= 0.3 is 6.09 Å². The molecule has 12 heavy (non-hydrogen) atoms. The van der Waals surface area contributed by atoms with Crippen LogP contribution in [-0.2, 0) is 5.54 Å². The Bertz CT molecular complexity index is 268. The van der Waals surface area contributed by atoms with E-state index in [2.05, 4.69) is 20.0 Å². The van der Waals surface area contributed by atoms with Crippen LogP contribution in [0.5, 0.6) is 0 Å². The first-order chi connectivity index (χ1) is 5.52. The molecule has 1 rings (SSSR count). The quantitative estimate of drug-likeness (QED) is 0.679. The fraction of sp³-hybridized carbons (Fsp3) is 0.500. The van der Waals surface area contributed by atoms with Crippen LogP contribution in [0.4, 0.5) is 4.79 Å². The maximum atomic E-state index is 10.3. The van der Waals surface area contributed by atoms with Crippen molar-refractivity contribution >= 4 is 6.09 Å². The lowest BCUT2D eigenvalue weighted by Gasteiger charge is -2.19. The molecule has 0 atom stereocenters. The van der Waals surface area contributed by atoms with Crippen LogP contribution in [0.15, 0.2) is 10.9 Å². The van der Waals surface area contributed by atoms with Gasteiger partial charge in [-0.25, -0.2) is 4.79 Å². The van der Waals surface area contributed by atoms with Crippen LogP contribution in [0.25, 0.3) is 0 Å². The Hall–Kier alpha value is -1.59. The van der Waals surface area contributed by atoms with Gasteiger partial charge in [0.25, 0.3) is 0 Å². The van der Waals surface area contributed by atoms with E-state index in [0.29, 0.717) is 5.82 Å². The summed E-state index contributed by atoms with van der Waals surface area (Å²) in [5.41, 5.74) is -0.821. The fourth-order valence-electron chi connectivity index (χ4n) is 0.769. The molecule has 0 aliphatic carbocycles. The third-order valence-electron chi connectivity index (χ3n) is 1.34. The molecule has 0 saturated heterocycles. The Kier molecular flexibility index (Phi) is 1.99. The Morgan fingerprint density at radius 2 is 2.42 bits per heavy atom. The van der Waals surface area contributed by atoms with Crippen molar-refractivity contribution in [3.05, 3.63) is 12.2 Å². The summed E-state index contributed by atoms with van der Waals surface area (Å²) in [6.45, 7) is 3.29. The van der Waals surface area contributed by atoms with Gasteiger partial charge in [-0.2, -0.15) is 4.98 Å². The van der Waals surface area contributed by atoms with E-state index in [1.54, 1.807) is 13.8 Å². The minimum absolute atomic E-state index is 0.310. The zero-order valence-corrected chi connectivity index (χ0v) is 6.74. The topological polar surface area (TPSA) is 88.2 Å². The highest BCUT2D eigenvalue weighted by molar-refractivity contribution is 5.65. The number of amides is 1. The maximum absolute atomic E-state index is 10.3. The molecule has 6 nitrogen and oxygen atoms in total. The van der Waals surface area contributed by atoms with E-state index < -0.39 is 11.6 Å². The zero-order chi connectivity index (χ0) is 9.19. The number of carboxylic acid groups (broad SMARTS) is 1. The van der Waals surface area contributed by atoms with Gasteiger partial charge < -0.3 is 14.9 Å². The fourth-order valence-corrected chi connectivity index (χ4v) is 0.769. The lowest BCUT2D eigenvalue weighted by molar-refractivity contribution is 0.180. The van der Waals surface area contributed by atoms with E-state index >= 15 is 0 Å². The van der Waals surface area contributed by atoms with Gasteiger partial charge in [-0.1, -0.05) is 5.16 Å². The second-order valence-corrected chi connectivity index (χ2v) is 2.81. The van der Waals surface area contributed by atoms with E-state index in [4.69, 9.17) is 5.11 Å². The minimum Gasteiger partial charge on any atom is -0.465 e. The van der Waals surface area contributed by atoms with E-state index in [1.807, 2.05) is 0 Å². The third kappa shape index (κ3) is 1.71. The largest absolute Gasteiger partial charge is 0.465 e. The molecule has 0 unspecified atom stereocenters. The molecule has 1 amide bonds. The molecule has 0 aromatic carbocycles. The van der Waals surface area contributed by atoms with Gasteiger partial charge in [0.2, 0.25) is 6.39 Å². The molecular weight excluding hydrogens is 162 g/mol. The van der Waals surface area contributed by atoms with Gasteiger partial charge in [-0.3, -0.25) is 0 Å². The molecular formula is C6H9N3O3. The molecule has 6 heteroatoms. The van der Waals surface area contributed by atoms with E-state index in [1.165, 1.54) is 0 Å². The number of rotatable bonds is 2. The lowest BCUT2D eigenvalue weighted by Crippen LogP contribution is -2.40. The number of hydrogen-bond acceptors (Lipinski definition) is 4. The van der Waals surface area contributed by atoms with Crippen molar-refractivity contribution in [3.8, 4) is 0 Å². The first-order valence-electron chi connectivity index (χ1n) is 3.30. The predicted octanol–water partition coefficient (Wildman–Crippen LogP) is 0.572. The molecule has 0 aliphatic rings. The monoisotopic (exact) mass is 171 g/mol. The zero-order valence-electron chi connectivity index (χ0n) is 6.74. The second kappa shape index (κ2) is 2.80. The van der Waals surface area contributed by atoms with Crippen LogP contribution in [-0.4, -0.2) is 21.3 Å². The van der Waals surface area contributed by atoms with Crippen molar-refractivity contribution in [2.75, 3.05) is 0 Å². The van der Waals surface area contributed by atoms with Crippen LogP contribution in [0.2, 0.25) is 0 Å². The Balaban J connectivity index is 2.79. The summed E-state index contributed by atoms with van der Waals surface area (Å²) in [5.74, 6) is 0.310. The maximum Gasteiger partial charge on any atom is 0.405 e. The SMILES string of the molecule is CC(C)(NC(=O)O)c1ncon1. The van der Waals surface area contributed by atoms with Crippen molar-refractivity contribution in [1.29, 1.82) is 0 Å². The summed E-state index contributed by atoms with van der Waals surface area (Å²) in [4.78, 5) is 14.1. The van der Waals surface area contributed by atoms with Crippen molar-refractivity contribution < 1.29 is 14.4 Å². The summed E-state index contributed by atoms with van der Waals surface area (Å²) >= 11 is 0. The van der Waals surface area contributed by atoms with E-state index in [9.17, 15) is 4.79 Å². The number of nitrogens with zero attached hydrogens (tertiary/aromatic N) is 2. The van der Waals surface area contributed by atoms with Crippen molar-refractivity contribution in [2.45, 2.75) is 19.4 Å². The molecule has 1 heterocycles. The average molecular weight is 171 g/mol. The smallest absolute Gasteiger partial charge is 0.405 e. The summed E-state index contributed by atoms with van der Waals surface area (Å²) in [7, 11) is 0. The summed E-state index contributed by atoms with van der Waals surface area (Å²) in [6.07, 6.45) is 0.0328. The average Bonchev–Trinajstić information content (AvgIpc) is 2.32. The Morgan fingerprint density at radius 3 is 2.83 bits per heavy atom. The molecule has 0 spiro atoms. The minimum atomic E-state index is -1.12. The molecule has 0 fully saturated rings. The van der Waals surface area contributed by atoms with Crippen LogP contribution in [0.3, 0.4) is 0 Å². The van der Waals surface area contributed by atoms with Crippen LogP contribution in [0, 0.1) is 0 Å². The van der Waals surface area contributed by atoms with Crippen molar-refractivity contribution in [2.24, 2.45) is 0 Å². The second-order valence-electron chi connectivity index (χ2n) is 2.81. The first kappa shape index (κ1) is 8.51. The van der Waals surface area contributed by atoms with Crippen LogP contribution in [0.1, 0.15) is 19.7 Å². The van der Waals surface area contributed by atoms with Gasteiger partial charge in [0.15, 0.2) is 5.82 Å². The molecule has 66 valence electrons. The van der Waals surface area contributed by atoms with Gasteiger partial charge in [-0.15, -0.1) is 0 Å². The van der Waals surface area contributed by atoms with Gasteiger partial charge in [0.05, 0.1) is 0 Å². The standard InChI is InChI=1S/C6H9N3O3/c1-6(2,8-5(10)11)4-7-3-12-9-4/h3,8H,1-2H3,(H,10,11). The van der Waals surface area contributed by atoms with Gasteiger partial charge in [-0.05, 0) is 13.8 Å². The Morgan fingerprint density at radius 1 is 1.75 bits per heavy atom. The number of aromatic nitrogens is 2. The number of carbonyl (C=O) groups is 1. The van der Waals surface area contributed by atoms with Crippen molar-refractivity contribution in [1.82, 2.24) is 15.5 Å². The lowest BCUT2D eigenvalue weighted by atomic mass is 10.1. The molecule has 1 aromatic rings. The summed E-state index contributed by atoms with van der Waals surface area (Å²) in [5, 5.41) is 14.2. The highest BCUT2D eigenvalue weighted by Gasteiger charge is 2.26. The first-order valence-corrected chi connectivity index (χ1v) is 3.30. The summed E-state index contributed by atoms with van der Waals surface area (Å²) < 4.78 is 4.49. The van der Waals surface area contributed by atoms with E-state index in [0.717, 1.165) is 6.39 Å². The molecule has 1 aromatic heterocycles. The normalized spacial score (nSPS) is 11.2. The molecule has 0 radical (unpaired) electrons. The van der Waals surface area contributed by atoms with Crippen molar-refractivity contribution in [3.63, 3.8) is 0 Å². The molecule has 0 saturated carbocycles. The third-order valence-corrected chi connectivity index (χ3v) is 1.34. The predicted molar refractivity (Wildman–Crippen MR) is 38.5 cm³/mol. The van der Waals surface area contributed by atoms with Crippen LogP contribution < -0.4 is 5.32 Å². The molecule has 0 bridgehead atoms. The number of hydrogen-bond donors (Lipinski definition) is 2. The van der Waals surface area contributed by atoms with Gasteiger partial charge in [0.1, 0.15) is 5.54 Å². The summed E-state index contributed by atoms with van der Waals surface area (Å²) in [6, 6.07) is 0. The molecule has 2 N–H and O–H groups in total. The van der Waals surface area contributed by atoms with E-state index in [-0.39, 0.29) is 0 Å². The highest BCUT2D eigenvalue weighted by atomic mass is 16.5. The highest BCUT2D eigenvalue weighted by Crippen LogP contribution is 2.14. The Labute approximate surface area is 68.6 Å². The van der Waals surface area contributed by atoms with Crippen LogP contribution >= 0.6 is 0 Å². The van der Waals surface area contributed by atoms with Gasteiger partial charge in [0, 0.05) is 0 Å².